The molecule has 6 nitrogen and oxygen atoms in total. The molecule has 0 spiro atoms. The Balaban J connectivity index is 1.33. The minimum atomic E-state index is -0.419. The SMILES string of the molecule is CC(C)(C)OC(=O)NC1CCC(CN2CC[C@@H](N3CCNCC3)C2)CC1. The summed E-state index contributed by atoms with van der Waals surface area (Å²) in [5, 5.41) is 6.50. The van der Waals surface area contributed by atoms with Gasteiger partial charge >= 0.3 is 6.09 Å². The molecule has 0 aromatic carbocycles. The average molecular weight is 367 g/mol. The Hall–Kier alpha value is -0.850. The highest BCUT2D eigenvalue weighted by atomic mass is 16.6. The van der Waals surface area contributed by atoms with E-state index in [4.69, 9.17) is 4.74 Å². The van der Waals surface area contributed by atoms with Crippen LogP contribution in [0.4, 0.5) is 4.79 Å². The predicted octanol–water partition coefficient (Wildman–Crippen LogP) is 2.05. The lowest BCUT2D eigenvalue weighted by atomic mass is 9.86. The summed E-state index contributed by atoms with van der Waals surface area (Å²) < 4.78 is 5.38. The number of hydrogen-bond acceptors (Lipinski definition) is 5. The second-order valence-corrected chi connectivity index (χ2v) is 9.35. The zero-order valence-electron chi connectivity index (χ0n) is 16.9. The molecule has 2 saturated heterocycles. The molecular weight excluding hydrogens is 328 g/mol. The largest absolute Gasteiger partial charge is 0.444 e. The fraction of sp³-hybridized carbons (Fsp3) is 0.950. The molecule has 26 heavy (non-hydrogen) atoms. The number of piperazine rings is 1. The average Bonchev–Trinajstić information content (AvgIpc) is 3.04. The number of rotatable bonds is 4. The summed E-state index contributed by atoms with van der Waals surface area (Å²) in [5.74, 6) is 0.786. The summed E-state index contributed by atoms with van der Waals surface area (Å²) in [5.41, 5.74) is -0.419. The zero-order chi connectivity index (χ0) is 18.6. The van der Waals surface area contributed by atoms with E-state index in [1.54, 1.807) is 0 Å². The number of carbonyl (C=O) groups excluding carboxylic acids is 1. The van der Waals surface area contributed by atoms with E-state index < -0.39 is 5.60 Å². The van der Waals surface area contributed by atoms with Crippen molar-refractivity contribution in [2.45, 2.75) is 70.6 Å². The van der Waals surface area contributed by atoms with Crippen molar-refractivity contribution in [3.8, 4) is 0 Å². The van der Waals surface area contributed by atoms with Crippen molar-refractivity contribution >= 4 is 6.09 Å². The van der Waals surface area contributed by atoms with Gasteiger partial charge < -0.3 is 20.3 Å². The topological polar surface area (TPSA) is 56.8 Å². The number of carbonyl (C=O) groups is 1. The third-order valence-corrected chi connectivity index (χ3v) is 6.00. The highest BCUT2D eigenvalue weighted by Gasteiger charge is 2.31. The van der Waals surface area contributed by atoms with Crippen LogP contribution in [-0.4, -0.2) is 79.4 Å². The van der Waals surface area contributed by atoms with E-state index in [-0.39, 0.29) is 12.1 Å². The lowest BCUT2D eigenvalue weighted by Crippen LogP contribution is -2.49. The minimum Gasteiger partial charge on any atom is -0.444 e. The molecule has 2 aliphatic heterocycles. The van der Waals surface area contributed by atoms with E-state index in [2.05, 4.69) is 20.4 Å². The van der Waals surface area contributed by atoms with Gasteiger partial charge in [-0.25, -0.2) is 4.79 Å². The highest BCUT2D eigenvalue weighted by Crippen LogP contribution is 2.27. The first-order chi connectivity index (χ1) is 12.4. The molecule has 1 saturated carbocycles. The molecule has 1 aliphatic carbocycles. The van der Waals surface area contributed by atoms with Crippen molar-refractivity contribution in [3.05, 3.63) is 0 Å². The van der Waals surface area contributed by atoms with E-state index in [1.165, 1.54) is 52.0 Å². The quantitative estimate of drug-likeness (QED) is 0.798. The number of likely N-dealkylation sites (tertiary alicyclic amines) is 1. The first-order valence-electron chi connectivity index (χ1n) is 10.6. The van der Waals surface area contributed by atoms with E-state index in [1.807, 2.05) is 20.8 Å². The van der Waals surface area contributed by atoms with Crippen molar-refractivity contribution in [2.24, 2.45) is 5.92 Å². The van der Waals surface area contributed by atoms with E-state index in [9.17, 15) is 4.79 Å². The van der Waals surface area contributed by atoms with Crippen molar-refractivity contribution < 1.29 is 9.53 Å². The Morgan fingerprint density at radius 1 is 1.08 bits per heavy atom. The van der Waals surface area contributed by atoms with Gasteiger partial charge in [0.1, 0.15) is 5.60 Å². The van der Waals surface area contributed by atoms with Crippen LogP contribution in [0.5, 0.6) is 0 Å². The van der Waals surface area contributed by atoms with Gasteiger partial charge in [-0.1, -0.05) is 0 Å². The fourth-order valence-electron chi connectivity index (χ4n) is 4.65. The van der Waals surface area contributed by atoms with Gasteiger partial charge in [-0.2, -0.15) is 0 Å². The number of hydrogen-bond donors (Lipinski definition) is 2. The third-order valence-electron chi connectivity index (χ3n) is 6.00. The van der Waals surface area contributed by atoms with Crippen LogP contribution in [-0.2, 0) is 4.74 Å². The second kappa shape index (κ2) is 8.89. The summed E-state index contributed by atoms with van der Waals surface area (Å²) in [6.07, 6.45) is 5.66. The zero-order valence-corrected chi connectivity index (χ0v) is 16.9. The van der Waals surface area contributed by atoms with E-state index in [0.29, 0.717) is 0 Å². The molecule has 3 rings (SSSR count). The highest BCUT2D eigenvalue weighted by molar-refractivity contribution is 5.68. The summed E-state index contributed by atoms with van der Waals surface area (Å²) in [4.78, 5) is 17.3. The van der Waals surface area contributed by atoms with Gasteiger partial charge in [0.15, 0.2) is 0 Å². The van der Waals surface area contributed by atoms with Crippen molar-refractivity contribution in [3.63, 3.8) is 0 Å². The van der Waals surface area contributed by atoms with Gasteiger partial charge in [-0.3, -0.25) is 4.90 Å². The maximum absolute atomic E-state index is 11.9. The van der Waals surface area contributed by atoms with Gasteiger partial charge in [0.2, 0.25) is 0 Å². The molecule has 150 valence electrons. The summed E-state index contributed by atoms with van der Waals surface area (Å²) in [6.45, 7) is 14.2. The normalized spacial score (nSPS) is 31.7. The summed E-state index contributed by atoms with van der Waals surface area (Å²) in [6, 6.07) is 1.05. The smallest absolute Gasteiger partial charge is 0.407 e. The number of amides is 1. The van der Waals surface area contributed by atoms with E-state index >= 15 is 0 Å². The second-order valence-electron chi connectivity index (χ2n) is 9.35. The van der Waals surface area contributed by atoms with E-state index in [0.717, 1.165) is 37.9 Å². The third kappa shape index (κ3) is 6.10. The maximum Gasteiger partial charge on any atom is 0.407 e. The molecule has 0 aromatic rings. The first kappa shape index (κ1) is 19.9. The predicted molar refractivity (Wildman–Crippen MR) is 104 cm³/mol. The van der Waals surface area contributed by atoms with Gasteiger partial charge in [-0.05, 0) is 65.3 Å². The van der Waals surface area contributed by atoms with Crippen LogP contribution in [0.15, 0.2) is 0 Å². The first-order valence-corrected chi connectivity index (χ1v) is 10.6. The van der Waals surface area contributed by atoms with Crippen LogP contribution in [0.2, 0.25) is 0 Å². The van der Waals surface area contributed by atoms with Crippen LogP contribution in [0.3, 0.4) is 0 Å². The number of nitrogens with zero attached hydrogens (tertiary/aromatic N) is 2. The van der Waals surface area contributed by atoms with Crippen LogP contribution in [0.1, 0.15) is 52.9 Å². The van der Waals surface area contributed by atoms with Crippen molar-refractivity contribution in [2.75, 3.05) is 45.8 Å². The molecular formula is C20H38N4O2. The number of nitrogens with one attached hydrogen (secondary N) is 2. The van der Waals surface area contributed by atoms with Gasteiger partial charge in [0.05, 0.1) is 0 Å². The van der Waals surface area contributed by atoms with Crippen LogP contribution in [0.25, 0.3) is 0 Å². The molecule has 3 fully saturated rings. The Bertz CT molecular complexity index is 451. The van der Waals surface area contributed by atoms with Crippen molar-refractivity contribution in [1.29, 1.82) is 0 Å². The summed E-state index contributed by atoms with van der Waals surface area (Å²) >= 11 is 0. The lowest BCUT2D eigenvalue weighted by molar-refractivity contribution is 0.0484. The molecule has 2 heterocycles. The molecule has 1 amide bonds. The molecule has 0 radical (unpaired) electrons. The molecule has 6 heteroatoms. The Labute approximate surface area is 159 Å². The van der Waals surface area contributed by atoms with Crippen LogP contribution in [0, 0.1) is 5.92 Å². The Morgan fingerprint density at radius 2 is 1.77 bits per heavy atom. The maximum atomic E-state index is 11.9. The monoisotopic (exact) mass is 366 g/mol. The van der Waals surface area contributed by atoms with Crippen LogP contribution < -0.4 is 10.6 Å². The molecule has 0 bridgehead atoms. The summed E-state index contributed by atoms with van der Waals surface area (Å²) in [7, 11) is 0. The van der Waals surface area contributed by atoms with Crippen molar-refractivity contribution in [1.82, 2.24) is 20.4 Å². The Morgan fingerprint density at radius 3 is 2.42 bits per heavy atom. The molecule has 0 aromatic heterocycles. The lowest BCUT2D eigenvalue weighted by Gasteiger charge is -2.34. The van der Waals surface area contributed by atoms with Crippen LogP contribution >= 0.6 is 0 Å². The molecule has 0 unspecified atom stereocenters. The molecule has 3 aliphatic rings. The van der Waals surface area contributed by atoms with Gasteiger partial charge in [0.25, 0.3) is 0 Å². The number of ether oxygens (including phenoxy) is 1. The van der Waals surface area contributed by atoms with Gasteiger partial charge in [0, 0.05) is 51.4 Å². The minimum absolute atomic E-state index is 0.264. The molecule has 1 atom stereocenters. The van der Waals surface area contributed by atoms with Gasteiger partial charge in [-0.15, -0.1) is 0 Å². The standard InChI is InChI=1S/C20H38N4O2/c1-20(2,3)26-19(25)22-17-6-4-16(5-7-17)14-23-11-8-18(15-23)24-12-9-21-10-13-24/h16-18,21H,4-15H2,1-3H3,(H,22,25)/t16?,17?,18-/m1/s1. The fourth-order valence-corrected chi connectivity index (χ4v) is 4.65. The number of alkyl carbamates (subject to hydrolysis) is 1. The molecule has 2 N–H and O–H groups in total. The Kier molecular flexibility index (Phi) is 6.81.